The van der Waals surface area contributed by atoms with Crippen LogP contribution in [-0.2, 0) is 4.74 Å². The number of ether oxygens (including phenoxy) is 1. The van der Waals surface area contributed by atoms with E-state index in [0.717, 1.165) is 31.2 Å². The van der Waals surface area contributed by atoms with Gasteiger partial charge in [0.25, 0.3) is 0 Å². The van der Waals surface area contributed by atoms with Crippen LogP contribution in [0.1, 0.15) is 45.1 Å². The number of phenols is 1. The largest absolute Gasteiger partial charge is 0.507 e. The van der Waals surface area contributed by atoms with Crippen molar-refractivity contribution in [2.45, 2.75) is 45.6 Å². The normalized spacial score (nSPS) is 18.4. The summed E-state index contributed by atoms with van der Waals surface area (Å²) in [4.78, 5) is 0. The van der Waals surface area contributed by atoms with Crippen molar-refractivity contribution in [3.63, 3.8) is 0 Å². The highest BCUT2D eigenvalue weighted by molar-refractivity contribution is 5.59. The lowest BCUT2D eigenvalue weighted by Gasteiger charge is -2.17. The maximum Gasteiger partial charge on any atom is 0.122 e. The van der Waals surface area contributed by atoms with E-state index in [1.165, 1.54) is 16.7 Å². The van der Waals surface area contributed by atoms with Crippen LogP contribution in [0.3, 0.4) is 0 Å². The smallest absolute Gasteiger partial charge is 0.122 e. The summed E-state index contributed by atoms with van der Waals surface area (Å²) in [6.45, 7) is 9.12. The lowest BCUT2D eigenvalue weighted by molar-refractivity contribution is 0.116. The topological polar surface area (TPSA) is 29.5 Å². The number of phenolic OH excluding ortho intramolecular Hbond substituents is 1. The molecule has 1 N–H and O–H groups in total. The van der Waals surface area contributed by atoms with Crippen LogP contribution in [0.2, 0.25) is 0 Å². The van der Waals surface area contributed by atoms with E-state index in [4.69, 9.17) is 4.74 Å². The van der Waals surface area contributed by atoms with E-state index in [1.54, 1.807) is 6.07 Å². The molecule has 118 valence electrons. The SMILES string of the molecule is C=C(CC)C1=CCOC1CC/C(=C/c1ccccc1O)CC. The van der Waals surface area contributed by atoms with E-state index in [0.29, 0.717) is 12.4 Å². The molecule has 2 rings (SSSR count). The number of hydrogen-bond acceptors (Lipinski definition) is 2. The lowest BCUT2D eigenvalue weighted by Crippen LogP contribution is -2.11. The van der Waals surface area contributed by atoms with Gasteiger partial charge in [-0.2, -0.15) is 0 Å². The highest BCUT2D eigenvalue weighted by atomic mass is 16.5. The number of aromatic hydroxyl groups is 1. The molecule has 1 heterocycles. The molecule has 0 spiro atoms. The first-order chi connectivity index (χ1) is 10.7. The van der Waals surface area contributed by atoms with E-state index in [2.05, 4.69) is 32.6 Å². The molecule has 0 radical (unpaired) electrons. The predicted molar refractivity (Wildman–Crippen MR) is 92.9 cm³/mol. The molecule has 0 fully saturated rings. The Kier molecular flexibility index (Phi) is 6.02. The quantitative estimate of drug-likeness (QED) is 0.744. The second kappa shape index (κ2) is 8.00. The summed E-state index contributed by atoms with van der Waals surface area (Å²) >= 11 is 0. The summed E-state index contributed by atoms with van der Waals surface area (Å²) in [6, 6.07) is 7.47. The number of rotatable bonds is 7. The Hall–Kier alpha value is -1.80. The Bertz CT molecular complexity index is 581. The third-order valence-corrected chi connectivity index (χ3v) is 4.26. The van der Waals surface area contributed by atoms with Gasteiger partial charge < -0.3 is 9.84 Å². The van der Waals surface area contributed by atoms with Gasteiger partial charge in [-0.05, 0) is 42.9 Å². The standard InChI is InChI=1S/C20H26O2/c1-4-15(3)18-12-13-22-20(18)11-10-16(5-2)14-17-8-6-7-9-19(17)21/h6-9,12,14,20-21H,3-5,10-11,13H2,1-2H3/b16-14+. The zero-order valence-electron chi connectivity index (χ0n) is 13.6. The van der Waals surface area contributed by atoms with Crippen molar-refractivity contribution >= 4 is 6.08 Å². The number of allylic oxidation sites excluding steroid dienone is 1. The van der Waals surface area contributed by atoms with Crippen molar-refractivity contribution in [1.29, 1.82) is 0 Å². The summed E-state index contributed by atoms with van der Waals surface area (Å²) < 4.78 is 5.83. The fourth-order valence-electron chi connectivity index (χ4n) is 2.79. The van der Waals surface area contributed by atoms with Gasteiger partial charge in [-0.3, -0.25) is 0 Å². The van der Waals surface area contributed by atoms with Gasteiger partial charge in [0.05, 0.1) is 12.7 Å². The number of para-hydroxylation sites is 1. The second-order valence-electron chi connectivity index (χ2n) is 5.69. The van der Waals surface area contributed by atoms with Crippen molar-refractivity contribution in [1.82, 2.24) is 0 Å². The molecular formula is C20H26O2. The molecule has 1 aliphatic rings. The first kappa shape index (κ1) is 16.6. The molecule has 1 aromatic rings. The minimum atomic E-state index is 0.173. The predicted octanol–water partition coefficient (Wildman–Crippen LogP) is 5.26. The van der Waals surface area contributed by atoms with Crippen molar-refractivity contribution < 1.29 is 9.84 Å². The van der Waals surface area contributed by atoms with E-state index in [-0.39, 0.29) is 6.10 Å². The van der Waals surface area contributed by atoms with Crippen LogP contribution < -0.4 is 0 Å². The third-order valence-electron chi connectivity index (χ3n) is 4.26. The Morgan fingerprint density at radius 3 is 2.77 bits per heavy atom. The Morgan fingerprint density at radius 2 is 2.09 bits per heavy atom. The number of benzene rings is 1. The zero-order chi connectivity index (χ0) is 15.9. The van der Waals surface area contributed by atoms with Gasteiger partial charge in [0.15, 0.2) is 0 Å². The van der Waals surface area contributed by atoms with E-state index >= 15 is 0 Å². The maximum atomic E-state index is 9.89. The minimum absolute atomic E-state index is 0.173. The Labute approximate surface area is 133 Å². The molecule has 2 heteroatoms. The molecule has 22 heavy (non-hydrogen) atoms. The third kappa shape index (κ3) is 4.11. The Morgan fingerprint density at radius 1 is 1.32 bits per heavy atom. The van der Waals surface area contributed by atoms with Crippen molar-refractivity contribution in [2.75, 3.05) is 6.61 Å². The molecular weight excluding hydrogens is 272 g/mol. The number of hydrogen-bond donors (Lipinski definition) is 1. The van der Waals surface area contributed by atoms with Crippen LogP contribution >= 0.6 is 0 Å². The van der Waals surface area contributed by atoms with Gasteiger partial charge in [-0.1, -0.05) is 56.4 Å². The average Bonchev–Trinajstić information content (AvgIpc) is 3.01. The summed E-state index contributed by atoms with van der Waals surface area (Å²) in [7, 11) is 0. The first-order valence-corrected chi connectivity index (χ1v) is 8.12. The molecule has 0 bridgehead atoms. The second-order valence-corrected chi connectivity index (χ2v) is 5.69. The van der Waals surface area contributed by atoms with Gasteiger partial charge >= 0.3 is 0 Å². The molecule has 0 amide bonds. The minimum Gasteiger partial charge on any atom is -0.507 e. The molecule has 2 nitrogen and oxygen atoms in total. The summed E-state index contributed by atoms with van der Waals surface area (Å²) in [5.41, 5.74) is 4.68. The first-order valence-electron chi connectivity index (χ1n) is 8.12. The van der Waals surface area contributed by atoms with Gasteiger partial charge in [0.1, 0.15) is 5.75 Å². The van der Waals surface area contributed by atoms with E-state index in [1.807, 2.05) is 18.2 Å². The van der Waals surface area contributed by atoms with Crippen LogP contribution in [0.15, 0.2) is 53.6 Å². The highest BCUT2D eigenvalue weighted by Crippen LogP contribution is 2.29. The lowest BCUT2D eigenvalue weighted by atomic mass is 9.94. The van der Waals surface area contributed by atoms with Crippen LogP contribution in [0, 0.1) is 0 Å². The molecule has 0 aliphatic carbocycles. The summed E-state index contributed by atoms with van der Waals surface area (Å²) in [6.07, 6.45) is 8.33. The Balaban J connectivity index is 2.01. The maximum absolute atomic E-state index is 9.89. The van der Waals surface area contributed by atoms with E-state index < -0.39 is 0 Å². The van der Waals surface area contributed by atoms with Crippen LogP contribution in [0.5, 0.6) is 5.75 Å². The van der Waals surface area contributed by atoms with Gasteiger partial charge in [-0.25, -0.2) is 0 Å². The van der Waals surface area contributed by atoms with Crippen LogP contribution in [0.4, 0.5) is 0 Å². The fourth-order valence-corrected chi connectivity index (χ4v) is 2.79. The fraction of sp³-hybridized carbons (Fsp3) is 0.400. The van der Waals surface area contributed by atoms with Gasteiger partial charge in [0.2, 0.25) is 0 Å². The van der Waals surface area contributed by atoms with Crippen molar-refractivity contribution in [2.24, 2.45) is 0 Å². The van der Waals surface area contributed by atoms with Crippen LogP contribution in [0.25, 0.3) is 6.08 Å². The summed E-state index contributed by atoms with van der Waals surface area (Å²) in [5.74, 6) is 0.338. The zero-order valence-corrected chi connectivity index (χ0v) is 13.6. The van der Waals surface area contributed by atoms with E-state index in [9.17, 15) is 5.11 Å². The van der Waals surface area contributed by atoms with Crippen molar-refractivity contribution in [3.8, 4) is 5.75 Å². The molecule has 0 saturated heterocycles. The van der Waals surface area contributed by atoms with Gasteiger partial charge in [0, 0.05) is 5.56 Å². The molecule has 1 unspecified atom stereocenters. The van der Waals surface area contributed by atoms with Crippen LogP contribution in [-0.4, -0.2) is 17.8 Å². The van der Waals surface area contributed by atoms with Crippen molar-refractivity contribution in [3.05, 3.63) is 59.2 Å². The molecule has 0 saturated carbocycles. The molecule has 0 aromatic heterocycles. The molecule has 1 aliphatic heterocycles. The molecule has 1 atom stereocenters. The molecule has 1 aromatic carbocycles. The monoisotopic (exact) mass is 298 g/mol. The van der Waals surface area contributed by atoms with Gasteiger partial charge in [-0.15, -0.1) is 0 Å². The summed E-state index contributed by atoms with van der Waals surface area (Å²) in [5, 5.41) is 9.89. The highest BCUT2D eigenvalue weighted by Gasteiger charge is 2.21. The average molecular weight is 298 g/mol.